The van der Waals surface area contributed by atoms with Crippen LogP contribution in [0.15, 0.2) is 42.0 Å². The highest BCUT2D eigenvalue weighted by molar-refractivity contribution is 5.44. The lowest BCUT2D eigenvalue weighted by Gasteiger charge is -2.30. The smallest absolute Gasteiger partial charge is 0.162 e. The molecule has 2 atom stereocenters. The minimum atomic E-state index is 0.0650. The van der Waals surface area contributed by atoms with Gasteiger partial charge in [0.2, 0.25) is 0 Å². The fourth-order valence-corrected chi connectivity index (χ4v) is 3.64. The van der Waals surface area contributed by atoms with Gasteiger partial charge in [0.15, 0.2) is 11.5 Å². The maximum Gasteiger partial charge on any atom is 0.162 e. The minimum absolute atomic E-state index is 0.0650. The minimum Gasteiger partial charge on any atom is -0.493 e. The number of ether oxygens (including phenoxy) is 2. The third-order valence-electron chi connectivity index (χ3n) is 5.12. The van der Waals surface area contributed by atoms with Crippen LogP contribution in [0.4, 0.5) is 0 Å². The Morgan fingerprint density at radius 2 is 1.81 bits per heavy atom. The molecule has 26 heavy (non-hydrogen) atoms. The highest BCUT2D eigenvalue weighted by Gasteiger charge is 2.24. The fraction of sp³-hybridized carbons (Fsp3) is 0.583. The van der Waals surface area contributed by atoms with E-state index >= 15 is 0 Å². The van der Waals surface area contributed by atoms with Crippen LogP contribution in [0.2, 0.25) is 0 Å². The maximum absolute atomic E-state index is 6.24. The van der Waals surface area contributed by atoms with Crippen molar-refractivity contribution in [3.8, 4) is 11.5 Å². The second-order valence-electron chi connectivity index (χ2n) is 8.99. The number of allylic oxidation sites excluding steroid dienone is 3. The zero-order valence-electron chi connectivity index (χ0n) is 17.6. The summed E-state index contributed by atoms with van der Waals surface area (Å²) in [6.07, 6.45) is 9.88. The molecule has 2 unspecified atom stereocenters. The molecule has 0 radical (unpaired) electrons. The molecule has 0 spiro atoms. The van der Waals surface area contributed by atoms with E-state index in [0.717, 1.165) is 30.8 Å². The van der Waals surface area contributed by atoms with Gasteiger partial charge in [0, 0.05) is 0 Å². The summed E-state index contributed by atoms with van der Waals surface area (Å²) >= 11 is 0. The molecule has 0 aromatic heterocycles. The van der Waals surface area contributed by atoms with E-state index in [0.29, 0.717) is 17.3 Å². The lowest BCUT2D eigenvalue weighted by atomic mass is 9.76. The summed E-state index contributed by atoms with van der Waals surface area (Å²) in [4.78, 5) is 0. The predicted octanol–water partition coefficient (Wildman–Crippen LogP) is 6.91. The van der Waals surface area contributed by atoms with Crippen LogP contribution in [0.25, 0.3) is 0 Å². The molecule has 1 aliphatic rings. The van der Waals surface area contributed by atoms with E-state index < -0.39 is 0 Å². The molecule has 0 aliphatic heterocycles. The second-order valence-corrected chi connectivity index (χ2v) is 8.99. The van der Waals surface area contributed by atoms with Crippen LogP contribution in [-0.4, -0.2) is 13.2 Å². The fourth-order valence-electron chi connectivity index (χ4n) is 3.64. The Bertz CT molecular complexity index is 647. The average molecular weight is 357 g/mol. The van der Waals surface area contributed by atoms with Crippen LogP contribution in [0.1, 0.15) is 72.3 Å². The molecule has 2 rings (SSSR count). The van der Waals surface area contributed by atoms with E-state index in [1.807, 2.05) is 0 Å². The molecule has 0 heterocycles. The molecule has 0 bridgehead atoms. The number of hydrogen-bond acceptors (Lipinski definition) is 2. The SMILES string of the molecule is COc1cc(C(CC(C)(C)C)C(C)C)ccc1OC(C)C1=CC=CCC1. The Hall–Kier alpha value is -1.70. The summed E-state index contributed by atoms with van der Waals surface area (Å²) < 4.78 is 11.9. The van der Waals surface area contributed by atoms with E-state index in [1.165, 1.54) is 11.1 Å². The van der Waals surface area contributed by atoms with Crippen LogP contribution >= 0.6 is 0 Å². The van der Waals surface area contributed by atoms with Crippen molar-refractivity contribution in [3.05, 3.63) is 47.6 Å². The molecule has 0 fully saturated rings. The van der Waals surface area contributed by atoms with Gasteiger partial charge in [-0.3, -0.25) is 0 Å². The molecule has 0 N–H and O–H groups in total. The Kier molecular flexibility index (Phi) is 6.97. The first kappa shape index (κ1) is 20.6. The van der Waals surface area contributed by atoms with Crippen molar-refractivity contribution in [3.63, 3.8) is 0 Å². The van der Waals surface area contributed by atoms with Crippen LogP contribution in [0.3, 0.4) is 0 Å². The molecule has 0 saturated heterocycles. The summed E-state index contributed by atoms with van der Waals surface area (Å²) in [7, 11) is 1.73. The van der Waals surface area contributed by atoms with Crippen molar-refractivity contribution in [1.82, 2.24) is 0 Å². The van der Waals surface area contributed by atoms with Gasteiger partial charge in [-0.2, -0.15) is 0 Å². The monoisotopic (exact) mass is 356 g/mol. The quantitative estimate of drug-likeness (QED) is 0.528. The first-order chi connectivity index (χ1) is 12.2. The molecule has 144 valence electrons. The predicted molar refractivity (Wildman–Crippen MR) is 111 cm³/mol. The van der Waals surface area contributed by atoms with Gasteiger partial charge in [-0.05, 0) is 66.7 Å². The van der Waals surface area contributed by atoms with Crippen LogP contribution in [0, 0.1) is 11.3 Å². The molecule has 1 aliphatic carbocycles. The van der Waals surface area contributed by atoms with Gasteiger partial charge in [-0.25, -0.2) is 0 Å². The first-order valence-electron chi connectivity index (χ1n) is 9.91. The first-order valence-corrected chi connectivity index (χ1v) is 9.91. The molecule has 2 heteroatoms. The van der Waals surface area contributed by atoms with Crippen molar-refractivity contribution in [1.29, 1.82) is 0 Å². The van der Waals surface area contributed by atoms with Gasteiger partial charge in [-0.15, -0.1) is 0 Å². The molecule has 2 nitrogen and oxygen atoms in total. The summed E-state index contributed by atoms with van der Waals surface area (Å²) in [5, 5.41) is 0. The van der Waals surface area contributed by atoms with Gasteiger partial charge in [0.05, 0.1) is 7.11 Å². The van der Waals surface area contributed by atoms with Gasteiger partial charge in [0.25, 0.3) is 0 Å². The number of methoxy groups -OCH3 is 1. The maximum atomic E-state index is 6.24. The van der Waals surface area contributed by atoms with E-state index in [-0.39, 0.29) is 6.10 Å². The molecule has 0 amide bonds. The van der Waals surface area contributed by atoms with Crippen molar-refractivity contribution in [2.75, 3.05) is 7.11 Å². The number of rotatable bonds is 7. The van der Waals surface area contributed by atoms with E-state index in [1.54, 1.807) is 7.11 Å². The summed E-state index contributed by atoms with van der Waals surface area (Å²) in [5.41, 5.74) is 2.98. The lowest BCUT2D eigenvalue weighted by molar-refractivity contribution is 0.239. The Labute approximate surface area is 160 Å². The summed E-state index contributed by atoms with van der Waals surface area (Å²) in [6, 6.07) is 6.48. The van der Waals surface area contributed by atoms with E-state index in [9.17, 15) is 0 Å². The summed E-state index contributed by atoms with van der Waals surface area (Å²) in [6.45, 7) is 13.7. The third-order valence-corrected chi connectivity index (χ3v) is 5.12. The summed E-state index contributed by atoms with van der Waals surface area (Å²) in [5.74, 6) is 2.77. The standard InChI is InChI=1S/C24H36O2/c1-17(2)21(16-24(4,5)6)20-13-14-22(23(15-20)25-7)26-18(3)19-11-9-8-10-12-19/h8-9,11,13-15,17-18,21H,10,12,16H2,1-7H3. The third kappa shape index (κ3) is 5.65. The Balaban J connectivity index is 2.22. The largest absolute Gasteiger partial charge is 0.493 e. The topological polar surface area (TPSA) is 18.5 Å². The lowest BCUT2D eigenvalue weighted by Crippen LogP contribution is -2.18. The normalized spacial score (nSPS) is 17.0. The molecule has 0 saturated carbocycles. The van der Waals surface area contributed by atoms with Crippen LogP contribution in [-0.2, 0) is 0 Å². The Morgan fingerprint density at radius 1 is 1.08 bits per heavy atom. The van der Waals surface area contributed by atoms with Gasteiger partial charge in [-0.1, -0.05) is 58.9 Å². The number of benzene rings is 1. The highest BCUT2D eigenvalue weighted by atomic mass is 16.5. The number of hydrogen-bond donors (Lipinski definition) is 0. The van der Waals surface area contributed by atoms with Gasteiger partial charge >= 0.3 is 0 Å². The zero-order valence-corrected chi connectivity index (χ0v) is 17.6. The zero-order chi connectivity index (χ0) is 19.3. The second kappa shape index (κ2) is 8.79. The van der Waals surface area contributed by atoms with Crippen molar-refractivity contribution in [2.45, 2.75) is 72.8 Å². The molecular weight excluding hydrogens is 320 g/mol. The molecular formula is C24H36O2. The highest BCUT2D eigenvalue weighted by Crippen LogP contribution is 2.40. The van der Waals surface area contributed by atoms with Gasteiger partial charge in [0.1, 0.15) is 6.10 Å². The average Bonchev–Trinajstić information content (AvgIpc) is 2.60. The van der Waals surface area contributed by atoms with E-state index in [2.05, 4.69) is 78.0 Å². The van der Waals surface area contributed by atoms with Crippen molar-refractivity contribution < 1.29 is 9.47 Å². The van der Waals surface area contributed by atoms with Crippen molar-refractivity contribution in [2.24, 2.45) is 11.3 Å². The van der Waals surface area contributed by atoms with Crippen LogP contribution in [0.5, 0.6) is 11.5 Å². The van der Waals surface area contributed by atoms with E-state index in [4.69, 9.17) is 9.47 Å². The van der Waals surface area contributed by atoms with Gasteiger partial charge < -0.3 is 9.47 Å². The van der Waals surface area contributed by atoms with Crippen LogP contribution < -0.4 is 9.47 Å². The van der Waals surface area contributed by atoms with Crippen molar-refractivity contribution >= 4 is 0 Å². The Morgan fingerprint density at radius 3 is 2.35 bits per heavy atom. The molecule has 1 aromatic rings. The molecule has 1 aromatic carbocycles.